The van der Waals surface area contributed by atoms with E-state index < -0.39 is 17.0 Å². The van der Waals surface area contributed by atoms with Gasteiger partial charge in [-0.15, -0.1) is 13.2 Å². The molecule has 1 aliphatic heterocycles. The number of alkyl halides is 3. The van der Waals surface area contributed by atoms with Gasteiger partial charge >= 0.3 is 6.36 Å². The minimum atomic E-state index is -4.94. The zero-order valence-corrected chi connectivity index (χ0v) is 15.7. The van der Waals surface area contributed by atoms with Gasteiger partial charge in [0.05, 0.1) is 5.69 Å². The van der Waals surface area contributed by atoms with E-state index in [9.17, 15) is 13.2 Å². The van der Waals surface area contributed by atoms with Crippen molar-refractivity contribution < 1.29 is 21.5 Å². The first-order chi connectivity index (χ1) is 14.3. The molecule has 2 heterocycles. The van der Waals surface area contributed by atoms with E-state index in [2.05, 4.69) is 19.1 Å². The van der Waals surface area contributed by atoms with Crippen LogP contribution in [-0.2, 0) is 4.18 Å². The first-order valence-electron chi connectivity index (χ1n) is 8.27. The number of halogens is 3. The molecule has 0 amide bonds. The van der Waals surface area contributed by atoms with Crippen LogP contribution in [-0.4, -0.2) is 21.9 Å². The average Bonchev–Trinajstić information content (AvgIpc) is 3.29. The summed E-state index contributed by atoms with van der Waals surface area (Å²) in [4.78, 5) is 11.0. The van der Waals surface area contributed by atoms with Gasteiger partial charge < -0.3 is 9.17 Å². The van der Waals surface area contributed by atoms with Crippen molar-refractivity contribution in [3.8, 4) is 29.3 Å². The summed E-state index contributed by atoms with van der Waals surface area (Å²) >= 11 is 0. The predicted octanol–water partition coefficient (Wildman–Crippen LogP) is 5.10. The number of H-pyrrole nitrogens is 1. The smallest absolute Gasteiger partial charge is 0.382 e. The Bertz CT molecular complexity index is 1190. The molecule has 0 radical (unpaired) electrons. The Morgan fingerprint density at radius 3 is 2.37 bits per heavy atom. The van der Waals surface area contributed by atoms with E-state index in [1.807, 2.05) is 12.1 Å². The molecule has 1 aliphatic rings. The van der Waals surface area contributed by atoms with Crippen LogP contribution in [0.1, 0.15) is 11.4 Å². The van der Waals surface area contributed by atoms with Crippen LogP contribution in [0, 0.1) is 22.7 Å². The van der Waals surface area contributed by atoms with E-state index in [0.29, 0.717) is 11.3 Å². The van der Waals surface area contributed by atoms with Gasteiger partial charge in [-0.25, -0.2) is 9.98 Å². The molecule has 4 rings (SSSR count). The third-order valence-electron chi connectivity index (χ3n) is 3.99. The third-order valence-corrected chi connectivity index (χ3v) is 6.21. The summed E-state index contributed by atoms with van der Waals surface area (Å²) in [6.07, 6.45) is -4.94. The Morgan fingerprint density at radius 2 is 1.73 bits per heavy atom. The Hall–Kier alpha value is -3.80. The fourth-order valence-electron chi connectivity index (χ4n) is 2.76. The summed E-state index contributed by atoms with van der Waals surface area (Å²) in [6, 6.07) is 15.9. The van der Waals surface area contributed by atoms with Crippen molar-refractivity contribution in [1.82, 2.24) is 9.97 Å². The van der Waals surface area contributed by atoms with Gasteiger partial charge in [-0.1, -0.05) is 22.7 Å². The summed E-state index contributed by atoms with van der Waals surface area (Å²) in [7, 11) is -3.35. The highest BCUT2D eigenvalue weighted by molar-refractivity contribution is 8.37. The Labute approximate surface area is 169 Å². The second-order valence-corrected chi connectivity index (χ2v) is 7.99. The first kappa shape index (κ1) is 19.5. The molecule has 1 N–H and O–H groups in total. The fraction of sp³-hybridized carbons (Fsp3) is 0.0526. The summed E-state index contributed by atoms with van der Waals surface area (Å²) in [5.41, 5.74) is 1.88. The van der Waals surface area contributed by atoms with Crippen molar-refractivity contribution in [1.29, 1.82) is 10.5 Å². The van der Waals surface area contributed by atoms with Crippen molar-refractivity contribution in [2.24, 2.45) is 4.99 Å². The van der Waals surface area contributed by atoms with Gasteiger partial charge in [0.15, 0.2) is 17.1 Å². The van der Waals surface area contributed by atoms with Crippen molar-refractivity contribution >= 4 is 21.8 Å². The highest BCUT2D eigenvalue weighted by Gasteiger charge is 2.43. The molecule has 0 saturated heterocycles. The van der Waals surface area contributed by atoms with Crippen molar-refractivity contribution in [3.63, 3.8) is 0 Å². The van der Waals surface area contributed by atoms with Crippen molar-refractivity contribution in [2.75, 3.05) is 0 Å². The third kappa shape index (κ3) is 3.59. The lowest BCUT2D eigenvalue weighted by Gasteiger charge is -2.37. The molecule has 1 atom stereocenters. The number of nitrogens with one attached hydrogen (secondary N) is 1. The lowest BCUT2D eigenvalue weighted by atomic mass is 10.2. The number of rotatable bonds is 4. The van der Waals surface area contributed by atoms with Gasteiger partial charge in [0.1, 0.15) is 28.4 Å². The zero-order chi connectivity index (χ0) is 21.4. The highest BCUT2D eigenvalue weighted by Crippen LogP contribution is 2.64. The number of imidazole rings is 1. The van der Waals surface area contributed by atoms with E-state index in [1.165, 1.54) is 30.3 Å². The molecule has 150 valence electrons. The minimum absolute atomic E-state index is 0.0218. The molecule has 0 fully saturated rings. The molecule has 2 aromatic carbocycles. The lowest BCUT2D eigenvalue weighted by molar-refractivity contribution is -0.271. The van der Waals surface area contributed by atoms with Crippen molar-refractivity contribution in [3.05, 3.63) is 59.9 Å². The van der Waals surface area contributed by atoms with Crippen LogP contribution in [0.3, 0.4) is 0 Å². The van der Waals surface area contributed by atoms with Crippen LogP contribution in [0.4, 0.5) is 18.9 Å². The van der Waals surface area contributed by atoms with Crippen LogP contribution in [0.15, 0.2) is 58.4 Å². The Kier molecular flexibility index (Phi) is 4.70. The zero-order valence-electron chi connectivity index (χ0n) is 14.8. The topological polar surface area (TPSA) is 107 Å². The van der Waals surface area contributed by atoms with Crippen LogP contribution in [0.25, 0.3) is 11.4 Å². The maximum Gasteiger partial charge on any atom is 0.542 e. The van der Waals surface area contributed by atoms with Gasteiger partial charge in [0.2, 0.25) is 0 Å². The quantitative estimate of drug-likeness (QED) is 0.621. The number of nitrogens with zero attached hydrogens (tertiary/aromatic N) is 4. The number of benzene rings is 2. The van der Waals surface area contributed by atoms with E-state index in [0.717, 1.165) is 5.55 Å². The maximum absolute atomic E-state index is 13.1. The van der Waals surface area contributed by atoms with E-state index in [-0.39, 0.29) is 27.9 Å². The fourth-order valence-corrected chi connectivity index (χ4v) is 4.78. The van der Waals surface area contributed by atoms with E-state index in [4.69, 9.17) is 14.7 Å². The summed E-state index contributed by atoms with van der Waals surface area (Å²) in [5, 5.41) is 18.0. The van der Waals surface area contributed by atoms with Crippen LogP contribution >= 0.6 is 10.6 Å². The molecule has 11 heteroatoms. The SMILES string of the molecule is N#Cc1nc(-c2ccc(OS3(OC(F)(F)F)C=Nc4ccccc43)cc2)[nH]c1C#N. The average molecular weight is 429 g/mol. The molecule has 3 aromatic rings. The molecular weight excluding hydrogens is 419 g/mol. The van der Waals surface area contributed by atoms with Gasteiger partial charge in [-0.2, -0.15) is 14.7 Å². The molecule has 1 aromatic heterocycles. The first-order valence-corrected chi connectivity index (χ1v) is 9.82. The van der Waals surface area contributed by atoms with Gasteiger partial charge in [-0.05, 0) is 36.4 Å². The van der Waals surface area contributed by atoms with Crippen LogP contribution < -0.4 is 4.18 Å². The number of hydrogen-bond acceptors (Lipinski definition) is 6. The summed E-state index contributed by atoms with van der Waals surface area (Å²) in [5.74, 6) is 0.393. The Morgan fingerprint density at radius 1 is 1.00 bits per heavy atom. The van der Waals surface area contributed by atoms with Gasteiger partial charge in [0.25, 0.3) is 0 Å². The monoisotopic (exact) mass is 429 g/mol. The standard InChI is InChI=1S/C19H10F3N5O2S/c20-19(21,22)29-30(11-25-14-3-1-2-4-17(14)30)28-13-7-5-12(6-8-13)18-26-15(9-23)16(10-24)27-18/h1-8,11H,(H,26,27). The van der Waals surface area contributed by atoms with E-state index >= 15 is 0 Å². The number of aliphatic imine (C=N–C) groups is 1. The molecule has 0 bridgehead atoms. The predicted molar refractivity (Wildman–Crippen MR) is 102 cm³/mol. The summed E-state index contributed by atoms with van der Waals surface area (Å²) in [6.45, 7) is 0. The molecular formula is C19H10F3N5O2S. The second-order valence-electron chi connectivity index (χ2n) is 5.92. The molecule has 0 saturated carbocycles. The number of nitriles is 2. The number of fused-ring (bicyclic) bond motifs is 1. The largest absolute Gasteiger partial charge is 0.542 e. The summed E-state index contributed by atoms with van der Waals surface area (Å²) < 4.78 is 49.5. The Balaban J connectivity index is 1.66. The molecule has 7 nitrogen and oxygen atoms in total. The molecule has 0 spiro atoms. The number of aromatic amines is 1. The second kappa shape index (κ2) is 7.22. The molecule has 0 aliphatic carbocycles. The number of hydrogen-bond donors (Lipinski definition) is 1. The molecule has 1 unspecified atom stereocenters. The maximum atomic E-state index is 13.1. The minimum Gasteiger partial charge on any atom is -0.382 e. The van der Waals surface area contributed by atoms with Gasteiger partial charge in [0, 0.05) is 5.56 Å². The van der Waals surface area contributed by atoms with Crippen LogP contribution in [0.2, 0.25) is 0 Å². The molecule has 30 heavy (non-hydrogen) atoms. The number of para-hydroxylation sites is 1. The van der Waals surface area contributed by atoms with Crippen LogP contribution in [0.5, 0.6) is 5.75 Å². The normalized spacial score (nSPS) is 19.4. The lowest BCUT2D eigenvalue weighted by Crippen LogP contribution is -2.21. The van der Waals surface area contributed by atoms with Gasteiger partial charge in [-0.3, -0.25) is 0 Å². The van der Waals surface area contributed by atoms with E-state index in [1.54, 1.807) is 18.2 Å². The highest BCUT2D eigenvalue weighted by atomic mass is 32.3. The van der Waals surface area contributed by atoms with Crippen molar-refractivity contribution in [2.45, 2.75) is 11.3 Å². The number of aromatic nitrogens is 2.